The number of nitrogens with zero attached hydrogens (tertiary/aromatic N) is 2. The molecule has 1 unspecified atom stereocenters. The van der Waals surface area contributed by atoms with Gasteiger partial charge in [-0.05, 0) is 18.6 Å². The third kappa shape index (κ3) is 3.87. The number of hydrogen-bond donors (Lipinski definition) is 1. The topological polar surface area (TPSA) is 68.0 Å². The summed E-state index contributed by atoms with van der Waals surface area (Å²) in [5.74, 6) is 0.800. The molecule has 1 aromatic heterocycles. The molecule has 5 heteroatoms. The van der Waals surface area contributed by atoms with Gasteiger partial charge >= 0.3 is 0 Å². The molecule has 24 heavy (non-hydrogen) atoms. The fourth-order valence-electron chi connectivity index (χ4n) is 2.57. The van der Waals surface area contributed by atoms with Gasteiger partial charge in [0, 0.05) is 18.9 Å². The summed E-state index contributed by atoms with van der Waals surface area (Å²) in [5, 5.41) is 6.95. The summed E-state index contributed by atoms with van der Waals surface area (Å²) < 4.78 is 5.42. The molecule has 0 spiro atoms. The van der Waals surface area contributed by atoms with Crippen LogP contribution in [0.3, 0.4) is 0 Å². The van der Waals surface area contributed by atoms with Crippen LogP contribution in [0.5, 0.6) is 0 Å². The summed E-state index contributed by atoms with van der Waals surface area (Å²) in [6, 6.07) is 17.5. The van der Waals surface area contributed by atoms with E-state index in [4.69, 9.17) is 4.52 Å². The molecule has 2 aromatic carbocycles. The van der Waals surface area contributed by atoms with Crippen LogP contribution in [-0.2, 0) is 11.2 Å². The molecule has 1 amide bonds. The Morgan fingerprint density at radius 3 is 2.67 bits per heavy atom. The highest BCUT2D eigenvalue weighted by Gasteiger charge is 2.21. The second-order valence-corrected chi connectivity index (χ2v) is 5.77. The number of aromatic nitrogens is 2. The predicted molar refractivity (Wildman–Crippen MR) is 91.2 cm³/mol. The average Bonchev–Trinajstić information content (AvgIpc) is 3.05. The number of aryl methyl sites for hydroxylation is 1. The molecule has 0 saturated heterocycles. The maximum absolute atomic E-state index is 11.5. The van der Waals surface area contributed by atoms with Gasteiger partial charge in [-0.1, -0.05) is 59.3 Å². The number of rotatable bonds is 5. The van der Waals surface area contributed by atoms with Crippen molar-refractivity contribution in [2.75, 3.05) is 0 Å². The standard InChI is InChI=1S/C19H19N3O2/c1-13-7-6-10-16(11-13)18-21-19(24-22-18)17(20-14(2)23)12-15-8-4-3-5-9-15/h3-11,17H,12H2,1-2H3,(H,20,23). The van der Waals surface area contributed by atoms with Crippen LogP contribution < -0.4 is 5.32 Å². The SMILES string of the molecule is CC(=O)NC(Cc1ccccc1)c1nc(-c2cccc(C)c2)no1. The number of benzene rings is 2. The zero-order chi connectivity index (χ0) is 16.9. The molecule has 1 atom stereocenters. The van der Waals surface area contributed by atoms with E-state index < -0.39 is 0 Å². The van der Waals surface area contributed by atoms with Crippen molar-refractivity contribution in [3.8, 4) is 11.4 Å². The number of nitrogens with one attached hydrogen (secondary N) is 1. The van der Waals surface area contributed by atoms with E-state index in [1.165, 1.54) is 6.92 Å². The summed E-state index contributed by atoms with van der Waals surface area (Å²) in [6.07, 6.45) is 0.593. The lowest BCUT2D eigenvalue weighted by Crippen LogP contribution is -2.28. The van der Waals surface area contributed by atoms with Crippen molar-refractivity contribution in [3.05, 3.63) is 71.6 Å². The molecule has 0 saturated carbocycles. The maximum atomic E-state index is 11.5. The first kappa shape index (κ1) is 15.9. The molecule has 3 rings (SSSR count). The first-order valence-electron chi connectivity index (χ1n) is 7.83. The Labute approximate surface area is 140 Å². The van der Waals surface area contributed by atoms with Gasteiger partial charge in [-0.3, -0.25) is 4.79 Å². The Morgan fingerprint density at radius 1 is 1.17 bits per heavy atom. The molecule has 0 aliphatic carbocycles. The quantitative estimate of drug-likeness (QED) is 0.781. The lowest BCUT2D eigenvalue weighted by atomic mass is 10.1. The van der Waals surface area contributed by atoms with Crippen LogP contribution in [-0.4, -0.2) is 16.0 Å². The van der Waals surface area contributed by atoms with Gasteiger partial charge < -0.3 is 9.84 Å². The van der Waals surface area contributed by atoms with Crippen molar-refractivity contribution in [1.29, 1.82) is 0 Å². The van der Waals surface area contributed by atoms with E-state index in [0.717, 1.165) is 16.7 Å². The van der Waals surface area contributed by atoms with Crippen LogP contribution in [0.25, 0.3) is 11.4 Å². The van der Waals surface area contributed by atoms with Crippen LogP contribution in [0.1, 0.15) is 30.0 Å². The monoisotopic (exact) mass is 321 g/mol. The van der Waals surface area contributed by atoms with Crippen molar-refractivity contribution in [2.45, 2.75) is 26.3 Å². The van der Waals surface area contributed by atoms with E-state index in [-0.39, 0.29) is 11.9 Å². The predicted octanol–water partition coefficient (Wildman–Crippen LogP) is 3.46. The van der Waals surface area contributed by atoms with Crippen LogP contribution in [0.2, 0.25) is 0 Å². The Kier molecular flexibility index (Phi) is 4.70. The summed E-state index contributed by atoms with van der Waals surface area (Å²) in [5.41, 5.74) is 3.11. The van der Waals surface area contributed by atoms with E-state index in [9.17, 15) is 4.79 Å². The largest absolute Gasteiger partial charge is 0.344 e. The highest BCUT2D eigenvalue weighted by atomic mass is 16.5. The second-order valence-electron chi connectivity index (χ2n) is 5.77. The molecule has 1 heterocycles. The molecule has 0 aliphatic rings. The number of amides is 1. The number of carbonyl (C=O) groups is 1. The van der Waals surface area contributed by atoms with E-state index in [1.54, 1.807) is 0 Å². The molecular formula is C19H19N3O2. The van der Waals surface area contributed by atoms with Gasteiger partial charge in [-0.25, -0.2) is 0 Å². The fourth-order valence-corrected chi connectivity index (χ4v) is 2.57. The summed E-state index contributed by atoms with van der Waals surface area (Å²) in [6.45, 7) is 3.50. The lowest BCUT2D eigenvalue weighted by Gasteiger charge is -2.13. The second kappa shape index (κ2) is 7.08. The molecule has 1 N–H and O–H groups in total. The van der Waals surface area contributed by atoms with Crippen LogP contribution in [0, 0.1) is 6.92 Å². The van der Waals surface area contributed by atoms with Crippen molar-refractivity contribution >= 4 is 5.91 Å². The Balaban J connectivity index is 1.87. The van der Waals surface area contributed by atoms with Crippen LogP contribution >= 0.6 is 0 Å². The van der Waals surface area contributed by atoms with Gasteiger partial charge in [0.15, 0.2) is 0 Å². The van der Waals surface area contributed by atoms with Gasteiger partial charge in [0.25, 0.3) is 0 Å². The first-order chi connectivity index (χ1) is 11.6. The Bertz CT molecular complexity index is 827. The fraction of sp³-hybridized carbons (Fsp3) is 0.211. The molecule has 122 valence electrons. The Morgan fingerprint density at radius 2 is 1.96 bits per heavy atom. The molecule has 0 bridgehead atoms. The van der Waals surface area contributed by atoms with Crippen molar-refractivity contribution in [1.82, 2.24) is 15.5 Å². The van der Waals surface area contributed by atoms with Gasteiger partial charge in [0.05, 0.1) is 0 Å². The molecular weight excluding hydrogens is 302 g/mol. The van der Waals surface area contributed by atoms with Crippen LogP contribution in [0.15, 0.2) is 59.1 Å². The van der Waals surface area contributed by atoms with Gasteiger partial charge in [-0.15, -0.1) is 0 Å². The van der Waals surface area contributed by atoms with E-state index >= 15 is 0 Å². The Hall–Kier alpha value is -2.95. The van der Waals surface area contributed by atoms with Crippen LogP contribution in [0.4, 0.5) is 0 Å². The summed E-state index contributed by atoms with van der Waals surface area (Å²) in [4.78, 5) is 16.0. The minimum absolute atomic E-state index is 0.133. The minimum atomic E-state index is -0.351. The third-order valence-corrected chi connectivity index (χ3v) is 3.68. The average molecular weight is 321 g/mol. The maximum Gasteiger partial charge on any atom is 0.249 e. The van der Waals surface area contributed by atoms with Gasteiger partial charge in [-0.2, -0.15) is 4.98 Å². The van der Waals surface area contributed by atoms with E-state index in [2.05, 4.69) is 15.5 Å². The van der Waals surface area contributed by atoms with E-state index in [1.807, 2.05) is 61.5 Å². The first-order valence-corrected chi connectivity index (χ1v) is 7.83. The lowest BCUT2D eigenvalue weighted by molar-refractivity contribution is -0.119. The van der Waals surface area contributed by atoms with Crippen molar-refractivity contribution in [2.24, 2.45) is 0 Å². The zero-order valence-electron chi connectivity index (χ0n) is 13.7. The molecule has 0 fully saturated rings. The smallest absolute Gasteiger partial charge is 0.249 e. The van der Waals surface area contributed by atoms with Crippen molar-refractivity contribution in [3.63, 3.8) is 0 Å². The minimum Gasteiger partial charge on any atom is -0.344 e. The number of hydrogen-bond acceptors (Lipinski definition) is 4. The highest BCUT2D eigenvalue weighted by molar-refractivity contribution is 5.73. The van der Waals surface area contributed by atoms with Gasteiger partial charge in [0.2, 0.25) is 17.6 Å². The number of carbonyl (C=O) groups excluding carboxylic acids is 1. The van der Waals surface area contributed by atoms with Gasteiger partial charge in [0.1, 0.15) is 6.04 Å². The highest BCUT2D eigenvalue weighted by Crippen LogP contribution is 2.22. The third-order valence-electron chi connectivity index (χ3n) is 3.68. The molecule has 5 nitrogen and oxygen atoms in total. The normalized spacial score (nSPS) is 11.9. The van der Waals surface area contributed by atoms with E-state index in [0.29, 0.717) is 18.1 Å². The summed E-state index contributed by atoms with van der Waals surface area (Å²) in [7, 11) is 0. The summed E-state index contributed by atoms with van der Waals surface area (Å²) >= 11 is 0. The zero-order valence-corrected chi connectivity index (χ0v) is 13.7. The molecule has 0 aliphatic heterocycles. The van der Waals surface area contributed by atoms with Crippen molar-refractivity contribution < 1.29 is 9.32 Å². The molecule has 0 radical (unpaired) electrons. The molecule has 3 aromatic rings.